The molecule has 0 spiro atoms. The van der Waals surface area contributed by atoms with Crippen LogP contribution >= 0.6 is 15.9 Å². The van der Waals surface area contributed by atoms with E-state index in [1.54, 1.807) is 12.1 Å². The second-order valence-electron chi connectivity index (χ2n) is 3.54. The first-order valence-electron chi connectivity index (χ1n) is 5.02. The van der Waals surface area contributed by atoms with Gasteiger partial charge in [-0.25, -0.2) is 4.98 Å². The summed E-state index contributed by atoms with van der Waals surface area (Å²) >= 11 is 3.42. The Morgan fingerprint density at radius 2 is 2.35 bits per heavy atom. The summed E-state index contributed by atoms with van der Waals surface area (Å²) in [5.41, 5.74) is 1.53. The number of benzene rings is 1. The van der Waals surface area contributed by atoms with Gasteiger partial charge in [0.1, 0.15) is 12.2 Å². The average molecular weight is 292 g/mol. The van der Waals surface area contributed by atoms with E-state index in [2.05, 4.69) is 42.5 Å². The smallest absolute Gasteiger partial charge is 0.146 e. The molecule has 0 saturated heterocycles. The fourth-order valence-electron chi connectivity index (χ4n) is 1.43. The molecule has 0 bridgehead atoms. The molecule has 0 aliphatic carbocycles. The average Bonchev–Trinajstić information content (AvgIpc) is 2.85. The van der Waals surface area contributed by atoms with Crippen molar-refractivity contribution in [2.24, 2.45) is 0 Å². The van der Waals surface area contributed by atoms with Gasteiger partial charge in [0.25, 0.3) is 0 Å². The molecule has 5 nitrogen and oxygen atoms in total. The largest absolute Gasteiger partial charge is 0.374 e. The number of anilines is 1. The van der Waals surface area contributed by atoms with E-state index in [1.165, 1.54) is 6.33 Å². The van der Waals surface area contributed by atoms with Crippen molar-refractivity contribution < 1.29 is 0 Å². The van der Waals surface area contributed by atoms with Crippen molar-refractivity contribution in [1.29, 1.82) is 5.26 Å². The molecule has 0 aliphatic rings. The van der Waals surface area contributed by atoms with Crippen molar-refractivity contribution >= 4 is 21.6 Å². The van der Waals surface area contributed by atoms with Gasteiger partial charge in [-0.15, -0.1) is 0 Å². The van der Waals surface area contributed by atoms with Gasteiger partial charge in [0.05, 0.1) is 17.7 Å². The summed E-state index contributed by atoms with van der Waals surface area (Å²) in [6.07, 6.45) is 1.47. The number of H-pyrrole nitrogens is 1. The summed E-state index contributed by atoms with van der Waals surface area (Å²) in [7, 11) is 0. The van der Waals surface area contributed by atoms with E-state index in [0.29, 0.717) is 5.56 Å². The van der Waals surface area contributed by atoms with Gasteiger partial charge in [-0.05, 0) is 41.1 Å². The molecule has 1 unspecified atom stereocenters. The number of nitriles is 1. The molecule has 1 aromatic heterocycles. The molecule has 1 heterocycles. The van der Waals surface area contributed by atoms with E-state index in [-0.39, 0.29) is 6.04 Å². The second kappa shape index (κ2) is 4.97. The predicted molar refractivity (Wildman–Crippen MR) is 67.3 cm³/mol. The molecule has 0 radical (unpaired) electrons. The predicted octanol–water partition coefficient (Wildman–Crippen LogP) is 2.61. The quantitative estimate of drug-likeness (QED) is 0.911. The Bertz CT molecular complexity index is 543. The standard InChI is InChI=1S/C11H10BrN5/c1-7(11-14-6-15-17-11)16-10-3-2-8(5-13)4-9(10)12/h2-4,6-7,16H,1H3,(H,14,15,17). The van der Waals surface area contributed by atoms with E-state index < -0.39 is 0 Å². The third-order valence-electron chi connectivity index (χ3n) is 2.31. The highest BCUT2D eigenvalue weighted by Gasteiger charge is 2.10. The maximum atomic E-state index is 8.77. The lowest BCUT2D eigenvalue weighted by Gasteiger charge is -2.13. The van der Waals surface area contributed by atoms with Crippen LogP contribution in [-0.2, 0) is 0 Å². The summed E-state index contributed by atoms with van der Waals surface area (Å²) in [4.78, 5) is 4.08. The Kier molecular flexibility index (Phi) is 3.40. The van der Waals surface area contributed by atoms with Crippen molar-refractivity contribution in [2.45, 2.75) is 13.0 Å². The molecule has 0 aliphatic heterocycles. The number of hydrogen-bond acceptors (Lipinski definition) is 4. The van der Waals surface area contributed by atoms with Crippen LogP contribution in [0.1, 0.15) is 24.4 Å². The van der Waals surface area contributed by atoms with Crippen LogP contribution in [0.4, 0.5) is 5.69 Å². The molecule has 2 rings (SSSR count). The molecular formula is C11H10BrN5. The summed E-state index contributed by atoms with van der Waals surface area (Å²) < 4.78 is 0.850. The first-order valence-corrected chi connectivity index (χ1v) is 5.81. The lowest BCUT2D eigenvalue weighted by atomic mass is 10.2. The summed E-state index contributed by atoms with van der Waals surface area (Å²) in [6, 6.07) is 7.50. The van der Waals surface area contributed by atoms with Crippen molar-refractivity contribution in [1.82, 2.24) is 15.2 Å². The van der Waals surface area contributed by atoms with Gasteiger partial charge in [0.15, 0.2) is 0 Å². The van der Waals surface area contributed by atoms with E-state index in [4.69, 9.17) is 5.26 Å². The van der Waals surface area contributed by atoms with Gasteiger partial charge in [0.2, 0.25) is 0 Å². The molecule has 2 N–H and O–H groups in total. The maximum Gasteiger partial charge on any atom is 0.146 e. The molecular weight excluding hydrogens is 282 g/mol. The van der Waals surface area contributed by atoms with Crippen LogP contribution in [0.2, 0.25) is 0 Å². The summed E-state index contributed by atoms with van der Waals surface area (Å²) in [5.74, 6) is 0.765. The number of hydrogen-bond donors (Lipinski definition) is 2. The number of aromatic amines is 1. The Balaban J connectivity index is 2.17. The zero-order valence-electron chi connectivity index (χ0n) is 9.11. The minimum absolute atomic E-state index is 0.0155. The van der Waals surface area contributed by atoms with E-state index in [9.17, 15) is 0 Å². The molecule has 6 heteroatoms. The normalized spacial score (nSPS) is 11.8. The fraction of sp³-hybridized carbons (Fsp3) is 0.182. The first-order chi connectivity index (χ1) is 8.20. The van der Waals surface area contributed by atoms with Crippen LogP contribution < -0.4 is 5.32 Å². The van der Waals surface area contributed by atoms with Crippen LogP contribution in [0.5, 0.6) is 0 Å². The number of nitrogens with zero attached hydrogens (tertiary/aromatic N) is 3. The Morgan fingerprint density at radius 1 is 1.53 bits per heavy atom. The zero-order valence-corrected chi connectivity index (χ0v) is 10.7. The molecule has 86 valence electrons. The van der Waals surface area contributed by atoms with Crippen LogP contribution in [0.25, 0.3) is 0 Å². The molecule has 0 amide bonds. The second-order valence-corrected chi connectivity index (χ2v) is 4.40. The van der Waals surface area contributed by atoms with Crippen molar-refractivity contribution in [3.63, 3.8) is 0 Å². The minimum Gasteiger partial charge on any atom is -0.374 e. The lowest BCUT2D eigenvalue weighted by Crippen LogP contribution is -2.08. The number of halogens is 1. The van der Waals surface area contributed by atoms with Crippen LogP contribution in [0.3, 0.4) is 0 Å². The van der Waals surface area contributed by atoms with E-state index in [0.717, 1.165) is 16.0 Å². The van der Waals surface area contributed by atoms with Gasteiger partial charge in [-0.3, -0.25) is 5.10 Å². The maximum absolute atomic E-state index is 8.77. The highest BCUT2D eigenvalue weighted by Crippen LogP contribution is 2.26. The molecule has 1 atom stereocenters. The molecule has 0 fully saturated rings. The van der Waals surface area contributed by atoms with E-state index in [1.807, 2.05) is 13.0 Å². The number of rotatable bonds is 3. The van der Waals surface area contributed by atoms with Crippen molar-refractivity contribution in [3.05, 3.63) is 40.4 Å². The lowest BCUT2D eigenvalue weighted by molar-refractivity contribution is 0.795. The number of nitrogens with one attached hydrogen (secondary N) is 2. The fourth-order valence-corrected chi connectivity index (χ4v) is 1.92. The van der Waals surface area contributed by atoms with E-state index >= 15 is 0 Å². The van der Waals surface area contributed by atoms with Gasteiger partial charge < -0.3 is 5.32 Å². The third-order valence-corrected chi connectivity index (χ3v) is 2.97. The Morgan fingerprint density at radius 3 is 2.94 bits per heavy atom. The minimum atomic E-state index is 0.0155. The molecule has 0 saturated carbocycles. The van der Waals surface area contributed by atoms with Crippen LogP contribution in [-0.4, -0.2) is 15.2 Å². The third kappa shape index (κ3) is 2.63. The van der Waals surface area contributed by atoms with Crippen molar-refractivity contribution in [3.8, 4) is 6.07 Å². The zero-order chi connectivity index (χ0) is 12.3. The Hall–Kier alpha value is -1.87. The molecule has 17 heavy (non-hydrogen) atoms. The van der Waals surface area contributed by atoms with Gasteiger partial charge >= 0.3 is 0 Å². The molecule has 2 aromatic rings. The monoisotopic (exact) mass is 291 g/mol. The SMILES string of the molecule is CC(Nc1ccc(C#N)cc1Br)c1ncn[nH]1. The van der Waals surface area contributed by atoms with Crippen LogP contribution in [0, 0.1) is 11.3 Å². The first kappa shape index (κ1) is 11.6. The van der Waals surface area contributed by atoms with Gasteiger partial charge in [-0.2, -0.15) is 10.4 Å². The number of aromatic nitrogens is 3. The summed E-state index contributed by atoms with van der Waals surface area (Å²) in [6.45, 7) is 1.98. The summed E-state index contributed by atoms with van der Waals surface area (Å²) in [5, 5.41) is 18.7. The highest BCUT2D eigenvalue weighted by atomic mass is 79.9. The van der Waals surface area contributed by atoms with Gasteiger partial charge in [-0.1, -0.05) is 0 Å². The van der Waals surface area contributed by atoms with Gasteiger partial charge in [0, 0.05) is 10.2 Å². The van der Waals surface area contributed by atoms with Crippen LogP contribution in [0.15, 0.2) is 29.0 Å². The highest BCUT2D eigenvalue weighted by molar-refractivity contribution is 9.10. The Labute approximate surface area is 107 Å². The molecule has 1 aromatic carbocycles. The van der Waals surface area contributed by atoms with Crippen molar-refractivity contribution in [2.75, 3.05) is 5.32 Å². The topological polar surface area (TPSA) is 77.4 Å².